The maximum atomic E-state index is 13.2. The lowest BCUT2D eigenvalue weighted by molar-refractivity contribution is 0.148. The van der Waals surface area contributed by atoms with Crippen LogP contribution in [0.3, 0.4) is 0 Å². The van der Waals surface area contributed by atoms with Gasteiger partial charge in [0.1, 0.15) is 0 Å². The number of hydrogen-bond acceptors (Lipinski definition) is 4. The quantitative estimate of drug-likeness (QED) is 0.670. The standard InChI is InChI=1S/C20H22ClN3O2S/c1-22-10-12-23(13-11-22)15-16-4-2-5-17(14-16)27(25,26)24-9-8-18-19(21)6-3-7-20(18)24/h2-9,14H,10-13,15H2,1H3. The number of aromatic nitrogens is 1. The van der Waals surface area contributed by atoms with Gasteiger partial charge in [-0.25, -0.2) is 12.4 Å². The van der Waals surface area contributed by atoms with Gasteiger partial charge in [-0.05, 0) is 42.9 Å². The van der Waals surface area contributed by atoms with Crippen LogP contribution in [-0.2, 0) is 16.6 Å². The number of fused-ring (bicyclic) bond motifs is 1. The number of benzene rings is 2. The number of nitrogens with zero attached hydrogens (tertiary/aromatic N) is 3. The van der Waals surface area contributed by atoms with Crippen molar-refractivity contribution in [1.29, 1.82) is 0 Å². The molecule has 142 valence electrons. The first kappa shape index (κ1) is 18.5. The van der Waals surface area contributed by atoms with Crippen molar-refractivity contribution in [3.63, 3.8) is 0 Å². The summed E-state index contributed by atoms with van der Waals surface area (Å²) in [5.41, 5.74) is 1.60. The van der Waals surface area contributed by atoms with Crippen LogP contribution in [0.1, 0.15) is 5.56 Å². The Kier molecular flexibility index (Phi) is 4.99. The highest BCUT2D eigenvalue weighted by Gasteiger charge is 2.21. The molecule has 1 saturated heterocycles. The van der Waals surface area contributed by atoms with Crippen molar-refractivity contribution >= 4 is 32.5 Å². The van der Waals surface area contributed by atoms with Crippen molar-refractivity contribution in [3.05, 3.63) is 65.3 Å². The number of likely N-dealkylation sites (N-methyl/N-ethyl adjacent to an activating group) is 1. The molecule has 2 heterocycles. The van der Waals surface area contributed by atoms with Crippen LogP contribution in [0.4, 0.5) is 0 Å². The average molecular weight is 404 g/mol. The average Bonchev–Trinajstić information content (AvgIpc) is 3.10. The maximum absolute atomic E-state index is 13.2. The summed E-state index contributed by atoms with van der Waals surface area (Å²) >= 11 is 6.19. The summed E-state index contributed by atoms with van der Waals surface area (Å²) in [6.07, 6.45) is 1.57. The van der Waals surface area contributed by atoms with Gasteiger partial charge >= 0.3 is 0 Å². The molecule has 0 radical (unpaired) electrons. The molecule has 1 aliphatic rings. The van der Waals surface area contributed by atoms with Crippen LogP contribution in [0.25, 0.3) is 10.9 Å². The van der Waals surface area contributed by atoms with E-state index in [1.807, 2.05) is 12.1 Å². The third kappa shape index (κ3) is 3.62. The molecule has 5 nitrogen and oxygen atoms in total. The topological polar surface area (TPSA) is 45.6 Å². The molecule has 4 rings (SSSR count). The summed E-state index contributed by atoms with van der Waals surface area (Å²) in [4.78, 5) is 4.96. The Bertz CT molecular complexity index is 1070. The zero-order valence-electron chi connectivity index (χ0n) is 15.2. The molecule has 0 spiro atoms. The van der Waals surface area contributed by atoms with Crippen molar-refractivity contribution in [2.75, 3.05) is 33.2 Å². The van der Waals surface area contributed by atoms with E-state index in [0.717, 1.165) is 43.7 Å². The molecule has 2 aromatic carbocycles. The fourth-order valence-corrected chi connectivity index (χ4v) is 5.15. The van der Waals surface area contributed by atoms with Gasteiger partial charge in [-0.15, -0.1) is 0 Å². The maximum Gasteiger partial charge on any atom is 0.268 e. The zero-order chi connectivity index (χ0) is 19.0. The Morgan fingerprint density at radius 2 is 1.74 bits per heavy atom. The van der Waals surface area contributed by atoms with Crippen LogP contribution in [-0.4, -0.2) is 55.4 Å². The molecule has 1 aliphatic heterocycles. The van der Waals surface area contributed by atoms with Crippen molar-refractivity contribution in [2.24, 2.45) is 0 Å². The van der Waals surface area contributed by atoms with Crippen LogP contribution in [0, 0.1) is 0 Å². The minimum Gasteiger partial charge on any atom is -0.304 e. The van der Waals surface area contributed by atoms with Gasteiger partial charge < -0.3 is 4.90 Å². The predicted molar refractivity (Wildman–Crippen MR) is 109 cm³/mol. The van der Waals surface area contributed by atoms with Crippen molar-refractivity contribution < 1.29 is 8.42 Å². The van der Waals surface area contributed by atoms with E-state index in [9.17, 15) is 8.42 Å². The van der Waals surface area contributed by atoms with Crippen LogP contribution in [0.2, 0.25) is 5.02 Å². The van der Waals surface area contributed by atoms with Crippen molar-refractivity contribution in [1.82, 2.24) is 13.8 Å². The molecule has 0 aliphatic carbocycles. The largest absolute Gasteiger partial charge is 0.304 e. The number of halogens is 1. The monoisotopic (exact) mass is 403 g/mol. The second kappa shape index (κ2) is 7.28. The summed E-state index contributed by atoms with van der Waals surface area (Å²) in [5, 5.41) is 1.28. The molecule has 0 atom stereocenters. The van der Waals surface area contributed by atoms with Crippen LogP contribution in [0.15, 0.2) is 59.6 Å². The predicted octanol–water partition coefficient (Wildman–Crippen LogP) is 3.28. The lowest BCUT2D eigenvalue weighted by atomic mass is 10.2. The van der Waals surface area contributed by atoms with Crippen molar-refractivity contribution in [2.45, 2.75) is 11.4 Å². The Balaban J connectivity index is 1.65. The summed E-state index contributed by atoms with van der Waals surface area (Å²) in [6, 6.07) is 14.3. The van der Waals surface area contributed by atoms with E-state index in [1.54, 1.807) is 42.6 Å². The lowest BCUT2D eigenvalue weighted by Gasteiger charge is -2.32. The fourth-order valence-electron chi connectivity index (χ4n) is 3.50. The molecule has 3 aromatic rings. The Morgan fingerprint density at radius 1 is 1.00 bits per heavy atom. The fraction of sp³-hybridized carbons (Fsp3) is 0.300. The minimum atomic E-state index is -3.68. The summed E-state index contributed by atoms with van der Waals surface area (Å²) in [7, 11) is -1.56. The molecule has 0 unspecified atom stereocenters. The first-order chi connectivity index (χ1) is 12.9. The van der Waals surface area contributed by atoms with E-state index in [0.29, 0.717) is 15.4 Å². The highest BCUT2D eigenvalue weighted by atomic mass is 35.5. The van der Waals surface area contributed by atoms with Crippen LogP contribution >= 0.6 is 11.6 Å². The molecular weight excluding hydrogens is 382 g/mol. The Morgan fingerprint density at radius 3 is 2.52 bits per heavy atom. The van der Waals surface area contributed by atoms with E-state index in [-0.39, 0.29) is 0 Å². The van der Waals surface area contributed by atoms with Crippen LogP contribution in [0.5, 0.6) is 0 Å². The first-order valence-electron chi connectivity index (χ1n) is 8.96. The summed E-state index contributed by atoms with van der Waals surface area (Å²) < 4.78 is 27.7. The molecule has 0 saturated carbocycles. The zero-order valence-corrected chi connectivity index (χ0v) is 16.7. The molecule has 7 heteroatoms. The molecule has 0 N–H and O–H groups in total. The molecule has 27 heavy (non-hydrogen) atoms. The highest BCUT2D eigenvalue weighted by molar-refractivity contribution is 7.90. The lowest BCUT2D eigenvalue weighted by Crippen LogP contribution is -2.43. The number of hydrogen-bond donors (Lipinski definition) is 0. The van der Waals surface area contributed by atoms with E-state index >= 15 is 0 Å². The number of rotatable bonds is 4. The Labute approximate surface area is 164 Å². The third-order valence-electron chi connectivity index (χ3n) is 5.10. The molecule has 1 fully saturated rings. The van der Waals surface area contributed by atoms with Gasteiger partial charge in [0.05, 0.1) is 10.4 Å². The van der Waals surface area contributed by atoms with E-state index in [4.69, 9.17) is 11.6 Å². The van der Waals surface area contributed by atoms with E-state index in [2.05, 4.69) is 16.8 Å². The van der Waals surface area contributed by atoms with Crippen molar-refractivity contribution in [3.8, 4) is 0 Å². The van der Waals surface area contributed by atoms with Gasteiger partial charge in [-0.3, -0.25) is 4.90 Å². The molecular formula is C20H22ClN3O2S. The first-order valence-corrected chi connectivity index (χ1v) is 10.8. The summed E-state index contributed by atoms with van der Waals surface area (Å²) in [5.74, 6) is 0. The van der Waals surface area contributed by atoms with E-state index in [1.165, 1.54) is 3.97 Å². The van der Waals surface area contributed by atoms with Gasteiger partial charge in [0.25, 0.3) is 10.0 Å². The van der Waals surface area contributed by atoms with E-state index < -0.39 is 10.0 Å². The summed E-state index contributed by atoms with van der Waals surface area (Å²) in [6.45, 7) is 4.82. The smallest absolute Gasteiger partial charge is 0.268 e. The minimum absolute atomic E-state index is 0.298. The highest BCUT2D eigenvalue weighted by Crippen LogP contribution is 2.27. The van der Waals surface area contributed by atoms with Crippen LogP contribution < -0.4 is 0 Å². The third-order valence-corrected chi connectivity index (χ3v) is 7.12. The number of piperazine rings is 1. The SMILES string of the molecule is CN1CCN(Cc2cccc(S(=O)(=O)n3ccc4c(Cl)cccc43)c2)CC1. The second-order valence-electron chi connectivity index (χ2n) is 7.02. The molecule has 1 aromatic heterocycles. The Hall–Kier alpha value is -1.86. The van der Waals surface area contributed by atoms with Gasteiger partial charge in [0, 0.05) is 49.3 Å². The van der Waals surface area contributed by atoms with Gasteiger partial charge in [-0.1, -0.05) is 29.8 Å². The molecule has 0 bridgehead atoms. The normalized spacial score (nSPS) is 16.8. The molecule has 0 amide bonds. The van der Waals surface area contributed by atoms with Gasteiger partial charge in [0.2, 0.25) is 0 Å². The van der Waals surface area contributed by atoms with Gasteiger partial charge in [-0.2, -0.15) is 0 Å². The van der Waals surface area contributed by atoms with Gasteiger partial charge in [0.15, 0.2) is 0 Å². The second-order valence-corrected chi connectivity index (χ2v) is 9.24.